The number of fused-ring (bicyclic) bond motifs is 2. The van der Waals surface area contributed by atoms with Crippen LogP contribution in [0.4, 0.5) is 0 Å². The highest BCUT2D eigenvalue weighted by atomic mass is 35.5. The summed E-state index contributed by atoms with van der Waals surface area (Å²) in [5.74, 6) is 0.533. The highest BCUT2D eigenvalue weighted by molar-refractivity contribution is 6.67. The molecule has 1 heterocycles. The third kappa shape index (κ3) is 2.07. The van der Waals surface area contributed by atoms with Crippen LogP contribution in [0.1, 0.15) is 10.4 Å². The van der Waals surface area contributed by atoms with Crippen molar-refractivity contribution in [1.29, 1.82) is 0 Å². The number of halogens is 1. The molecule has 0 saturated heterocycles. The van der Waals surface area contributed by atoms with E-state index in [1.54, 1.807) is 18.2 Å². The summed E-state index contributed by atoms with van der Waals surface area (Å²) in [4.78, 5) is 15.7. The molecule has 0 spiro atoms. The quantitative estimate of drug-likeness (QED) is 0.488. The van der Waals surface area contributed by atoms with E-state index in [1.807, 2.05) is 42.5 Å². The van der Waals surface area contributed by atoms with Crippen molar-refractivity contribution in [1.82, 2.24) is 4.98 Å². The van der Waals surface area contributed by atoms with Gasteiger partial charge in [-0.15, -0.1) is 0 Å². The summed E-state index contributed by atoms with van der Waals surface area (Å²) in [7, 11) is 0. The van der Waals surface area contributed by atoms with E-state index in [-0.39, 0.29) is 0 Å². The van der Waals surface area contributed by atoms with Crippen LogP contribution < -0.4 is 0 Å². The van der Waals surface area contributed by atoms with Crippen LogP contribution in [0.5, 0.6) is 0 Å². The molecule has 0 aliphatic rings. The monoisotopic (exact) mass is 307 g/mol. The van der Waals surface area contributed by atoms with Gasteiger partial charge in [0, 0.05) is 11.1 Å². The summed E-state index contributed by atoms with van der Waals surface area (Å²) in [5.41, 5.74) is 2.58. The summed E-state index contributed by atoms with van der Waals surface area (Å²) < 4.78 is 5.83. The Kier molecular flexibility index (Phi) is 2.94. The topological polar surface area (TPSA) is 43.1 Å². The molecule has 0 unspecified atom stereocenters. The van der Waals surface area contributed by atoms with Crippen LogP contribution in [-0.2, 0) is 0 Å². The van der Waals surface area contributed by atoms with E-state index >= 15 is 0 Å². The molecule has 3 nitrogen and oxygen atoms in total. The minimum Gasteiger partial charge on any atom is -0.436 e. The van der Waals surface area contributed by atoms with E-state index in [1.165, 1.54) is 0 Å². The number of carbonyl (C=O) groups is 1. The molecular weight excluding hydrogens is 298 g/mol. The number of aromatic nitrogens is 1. The first-order valence-electron chi connectivity index (χ1n) is 6.81. The normalized spacial score (nSPS) is 11.1. The largest absolute Gasteiger partial charge is 0.436 e. The first-order chi connectivity index (χ1) is 10.7. The first kappa shape index (κ1) is 13.0. The van der Waals surface area contributed by atoms with Gasteiger partial charge < -0.3 is 4.42 Å². The third-order valence-electron chi connectivity index (χ3n) is 3.63. The number of hydrogen-bond acceptors (Lipinski definition) is 3. The number of benzene rings is 3. The Morgan fingerprint density at radius 1 is 1.00 bits per heavy atom. The fourth-order valence-electron chi connectivity index (χ4n) is 2.58. The van der Waals surface area contributed by atoms with Crippen molar-refractivity contribution < 1.29 is 9.21 Å². The van der Waals surface area contributed by atoms with Crippen LogP contribution in [0.25, 0.3) is 33.3 Å². The summed E-state index contributed by atoms with van der Waals surface area (Å²) >= 11 is 5.51. The van der Waals surface area contributed by atoms with Gasteiger partial charge in [0.2, 0.25) is 5.89 Å². The molecular formula is C18H10ClNO2. The second-order valence-electron chi connectivity index (χ2n) is 5.00. The van der Waals surface area contributed by atoms with Crippen LogP contribution in [-0.4, -0.2) is 10.2 Å². The van der Waals surface area contributed by atoms with Gasteiger partial charge in [-0.1, -0.05) is 36.4 Å². The van der Waals surface area contributed by atoms with Crippen molar-refractivity contribution in [3.8, 4) is 11.5 Å². The maximum absolute atomic E-state index is 11.2. The molecule has 4 aromatic rings. The lowest BCUT2D eigenvalue weighted by Crippen LogP contribution is -1.87. The van der Waals surface area contributed by atoms with Gasteiger partial charge in [0.25, 0.3) is 5.24 Å². The molecule has 0 aliphatic heterocycles. The number of nitrogens with zero attached hydrogens (tertiary/aromatic N) is 1. The lowest BCUT2D eigenvalue weighted by molar-refractivity contribution is 0.108. The van der Waals surface area contributed by atoms with Crippen molar-refractivity contribution >= 4 is 38.7 Å². The van der Waals surface area contributed by atoms with Gasteiger partial charge in [0.05, 0.1) is 0 Å². The molecule has 0 bridgehead atoms. The maximum Gasteiger partial charge on any atom is 0.252 e. The molecule has 0 fully saturated rings. The zero-order valence-corrected chi connectivity index (χ0v) is 12.2. The Labute approximate surface area is 131 Å². The highest BCUT2D eigenvalue weighted by Gasteiger charge is 2.12. The predicted molar refractivity (Wildman–Crippen MR) is 87.1 cm³/mol. The Hall–Kier alpha value is -2.65. The van der Waals surface area contributed by atoms with Gasteiger partial charge in [-0.3, -0.25) is 4.79 Å². The summed E-state index contributed by atoms with van der Waals surface area (Å²) in [5, 5.41) is 1.70. The SMILES string of the molecule is O=C(Cl)c1ccc2oc(-c3cccc4ccccc34)nc2c1. The van der Waals surface area contributed by atoms with E-state index in [2.05, 4.69) is 4.98 Å². The molecule has 4 rings (SSSR count). The van der Waals surface area contributed by atoms with Crippen LogP contribution >= 0.6 is 11.6 Å². The highest BCUT2D eigenvalue weighted by Crippen LogP contribution is 2.30. The van der Waals surface area contributed by atoms with Gasteiger partial charge in [0.15, 0.2) is 5.58 Å². The van der Waals surface area contributed by atoms with Crippen molar-refractivity contribution in [3.63, 3.8) is 0 Å². The zero-order chi connectivity index (χ0) is 15.1. The molecule has 1 aromatic heterocycles. The van der Waals surface area contributed by atoms with E-state index in [4.69, 9.17) is 16.0 Å². The number of hydrogen-bond donors (Lipinski definition) is 0. The average molecular weight is 308 g/mol. The molecule has 0 saturated carbocycles. The van der Waals surface area contributed by atoms with E-state index < -0.39 is 5.24 Å². The molecule has 22 heavy (non-hydrogen) atoms. The molecule has 106 valence electrons. The van der Waals surface area contributed by atoms with Crippen LogP contribution in [0.15, 0.2) is 65.1 Å². The third-order valence-corrected chi connectivity index (χ3v) is 3.85. The minimum atomic E-state index is -0.503. The Morgan fingerprint density at radius 3 is 2.68 bits per heavy atom. The van der Waals surface area contributed by atoms with Gasteiger partial charge in [0.1, 0.15) is 5.52 Å². The van der Waals surface area contributed by atoms with E-state index in [9.17, 15) is 4.79 Å². The Bertz CT molecular complexity index is 1010. The van der Waals surface area contributed by atoms with Crippen LogP contribution in [0.3, 0.4) is 0 Å². The first-order valence-corrected chi connectivity index (χ1v) is 7.19. The lowest BCUT2D eigenvalue weighted by atomic mass is 10.0. The van der Waals surface area contributed by atoms with E-state index in [0.29, 0.717) is 22.6 Å². The molecule has 3 aromatic carbocycles. The summed E-state index contributed by atoms with van der Waals surface area (Å²) in [6, 6.07) is 19.0. The van der Waals surface area contributed by atoms with Crippen LogP contribution in [0, 0.1) is 0 Å². The molecule has 0 aliphatic carbocycles. The van der Waals surface area contributed by atoms with Crippen molar-refractivity contribution in [3.05, 3.63) is 66.2 Å². The smallest absolute Gasteiger partial charge is 0.252 e. The van der Waals surface area contributed by atoms with Crippen molar-refractivity contribution in [2.24, 2.45) is 0 Å². The van der Waals surface area contributed by atoms with E-state index in [0.717, 1.165) is 16.3 Å². The van der Waals surface area contributed by atoms with Gasteiger partial charge in [-0.05, 0) is 46.6 Å². The number of carbonyl (C=O) groups excluding carboxylic acids is 1. The minimum absolute atomic E-state index is 0.409. The molecule has 0 amide bonds. The fraction of sp³-hybridized carbons (Fsp3) is 0. The molecule has 0 N–H and O–H groups in total. The van der Waals surface area contributed by atoms with Crippen molar-refractivity contribution in [2.75, 3.05) is 0 Å². The predicted octanol–water partition coefficient (Wildman–Crippen LogP) is 5.03. The molecule has 0 atom stereocenters. The van der Waals surface area contributed by atoms with Crippen LogP contribution in [0.2, 0.25) is 0 Å². The zero-order valence-electron chi connectivity index (χ0n) is 11.4. The fourth-order valence-corrected chi connectivity index (χ4v) is 2.69. The molecule has 0 radical (unpaired) electrons. The maximum atomic E-state index is 11.2. The number of rotatable bonds is 2. The summed E-state index contributed by atoms with van der Waals surface area (Å²) in [6.45, 7) is 0. The van der Waals surface area contributed by atoms with Gasteiger partial charge in [-0.2, -0.15) is 0 Å². The Morgan fingerprint density at radius 2 is 1.82 bits per heavy atom. The standard InChI is InChI=1S/C18H10ClNO2/c19-17(21)12-8-9-16-15(10-12)20-18(22-16)14-7-3-5-11-4-1-2-6-13(11)14/h1-10H. The van der Waals surface area contributed by atoms with Crippen molar-refractivity contribution in [2.45, 2.75) is 0 Å². The van der Waals surface area contributed by atoms with Gasteiger partial charge >= 0.3 is 0 Å². The Balaban J connectivity index is 1.95. The second kappa shape index (κ2) is 4.97. The summed E-state index contributed by atoms with van der Waals surface area (Å²) in [6.07, 6.45) is 0. The second-order valence-corrected chi connectivity index (χ2v) is 5.35. The molecule has 4 heteroatoms. The average Bonchev–Trinajstić information content (AvgIpc) is 2.97. The lowest BCUT2D eigenvalue weighted by Gasteiger charge is -2.01. The number of oxazole rings is 1. The van der Waals surface area contributed by atoms with Gasteiger partial charge in [-0.25, -0.2) is 4.98 Å².